The van der Waals surface area contributed by atoms with Gasteiger partial charge in [-0.1, -0.05) is 6.92 Å². The lowest BCUT2D eigenvalue weighted by atomic mass is 10.2. The highest BCUT2D eigenvalue weighted by Gasteiger charge is 2.37. The standard InChI is InChI=1S/C17H20FNO4S3/c1-2-14-7-10-17(24-14)26(22,23)19-11-3-4-16(12-19)25(20,21)15-8-5-13(18)6-9-15/h5-10,16H,2-4,11-12H2,1H3/t16-/m0/s1. The van der Waals surface area contributed by atoms with Crippen LogP contribution in [0, 0.1) is 5.82 Å². The summed E-state index contributed by atoms with van der Waals surface area (Å²) in [5, 5.41) is -0.831. The Morgan fingerprint density at radius 2 is 1.81 bits per heavy atom. The van der Waals surface area contributed by atoms with Gasteiger partial charge in [-0.15, -0.1) is 11.3 Å². The quantitative estimate of drug-likeness (QED) is 0.701. The van der Waals surface area contributed by atoms with Crippen molar-refractivity contribution in [2.24, 2.45) is 0 Å². The minimum absolute atomic E-state index is 0.0209. The predicted octanol–water partition coefficient (Wildman–Crippen LogP) is 3.08. The first-order valence-corrected chi connectivity index (χ1v) is 12.1. The summed E-state index contributed by atoms with van der Waals surface area (Å²) in [6.45, 7) is 2.17. The summed E-state index contributed by atoms with van der Waals surface area (Å²) in [5.74, 6) is -0.513. The number of hydrogen-bond acceptors (Lipinski definition) is 5. The summed E-state index contributed by atoms with van der Waals surface area (Å²) in [6.07, 6.45) is 1.61. The van der Waals surface area contributed by atoms with Crippen molar-refractivity contribution < 1.29 is 21.2 Å². The Kier molecular flexibility index (Phi) is 5.53. The smallest absolute Gasteiger partial charge is 0.223 e. The van der Waals surface area contributed by atoms with Crippen molar-refractivity contribution in [1.82, 2.24) is 4.31 Å². The normalized spacial score (nSPS) is 19.5. The molecule has 9 heteroatoms. The predicted molar refractivity (Wildman–Crippen MR) is 99.1 cm³/mol. The van der Waals surface area contributed by atoms with E-state index in [9.17, 15) is 21.2 Å². The Morgan fingerprint density at radius 3 is 2.42 bits per heavy atom. The van der Waals surface area contributed by atoms with Gasteiger partial charge in [-0.25, -0.2) is 21.2 Å². The van der Waals surface area contributed by atoms with E-state index in [0.29, 0.717) is 19.4 Å². The van der Waals surface area contributed by atoms with Crippen LogP contribution in [0.3, 0.4) is 0 Å². The Hall–Kier alpha value is -1.29. The Labute approximate surface area is 157 Å². The highest BCUT2D eigenvalue weighted by Crippen LogP contribution is 2.30. The van der Waals surface area contributed by atoms with Gasteiger partial charge in [0.15, 0.2) is 9.84 Å². The molecular weight excluding hydrogens is 397 g/mol. The molecule has 0 saturated carbocycles. The van der Waals surface area contributed by atoms with Crippen LogP contribution >= 0.6 is 11.3 Å². The van der Waals surface area contributed by atoms with E-state index in [2.05, 4.69) is 0 Å². The topological polar surface area (TPSA) is 71.5 Å². The second-order valence-electron chi connectivity index (χ2n) is 6.20. The van der Waals surface area contributed by atoms with E-state index < -0.39 is 30.9 Å². The van der Waals surface area contributed by atoms with E-state index >= 15 is 0 Å². The molecule has 1 aliphatic heterocycles. The zero-order chi connectivity index (χ0) is 18.9. The van der Waals surface area contributed by atoms with Gasteiger partial charge in [0.2, 0.25) is 0 Å². The molecular formula is C17H20FNO4S3. The van der Waals surface area contributed by atoms with Gasteiger partial charge in [-0.05, 0) is 55.7 Å². The van der Waals surface area contributed by atoms with Gasteiger partial charge in [-0.3, -0.25) is 0 Å². The van der Waals surface area contributed by atoms with Crippen LogP contribution in [0.2, 0.25) is 0 Å². The van der Waals surface area contributed by atoms with E-state index in [1.165, 1.54) is 27.8 Å². The zero-order valence-electron chi connectivity index (χ0n) is 14.3. The molecule has 1 aromatic heterocycles. The third-order valence-electron chi connectivity index (χ3n) is 4.50. The van der Waals surface area contributed by atoms with E-state index in [1.54, 1.807) is 12.1 Å². The van der Waals surface area contributed by atoms with Gasteiger partial charge in [0.1, 0.15) is 10.0 Å². The Morgan fingerprint density at radius 1 is 1.12 bits per heavy atom. The molecule has 142 valence electrons. The maximum atomic E-state index is 13.1. The first-order valence-electron chi connectivity index (χ1n) is 8.33. The minimum Gasteiger partial charge on any atom is -0.223 e. The van der Waals surface area contributed by atoms with Crippen LogP contribution in [0.1, 0.15) is 24.6 Å². The molecule has 0 aliphatic carbocycles. The number of rotatable bonds is 5. The van der Waals surface area contributed by atoms with Crippen LogP contribution in [-0.2, 0) is 26.3 Å². The summed E-state index contributed by atoms with van der Waals surface area (Å²) >= 11 is 1.22. The number of halogens is 1. The average Bonchev–Trinajstić information content (AvgIpc) is 3.12. The fourth-order valence-corrected chi connectivity index (χ4v) is 7.83. The van der Waals surface area contributed by atoms with E-state index in [4.69, 9.17) is 0 Å². The fraction of sp³-hybridized carbons (Fsp3) is 0.412. The van der Waals surface area contributed by atoms with Gasteiger partial charge < -0.3 is 0 Å². The number of aryl methyl sites for hydroxylation is 1. The van der Waals surface area contributed by atoms with Crippen LogP contribution in [0.25, 0.3) is 0 Å². The molecule has 0 bridgehead atoms. The monoisotopic (exact) mass is 417 g/mol. The Balaban J connectivity index is 1.85. The van der Waals surface area contributed by atoms with E-state index in [0.717, 1.165) is 23.4 Å². The number of nitrogens with zero attached hydrogens (tertiary/aromatic N) is 1. The summed E-state index contributed by atoms with van der Waals surface area (Å²) < 4.78 is 65.9. The molecule has 5 nitrogen and oxygen atoms in total. The second-order valence-corrected chi connectivity index (χ2v) is 11.8. The zero-order valence-corrected chi connectivity index (χ0v) is 16.7. The average molecular weight is 418 g/mol. The van der Waals surface area contributed by atoms with E-state index in [-0.39, 0.29) is 15.6 Å². The first-order chi connectivity index (χ1) is 12.2. The van der Waals surface area contributed by atoms with Crippen LogP contribution in [0.15, 0.2) is 45.5 Å². The second kappa shape index (κ2) is 7.38. The SMILES string of the molecule is CCc1ccc(S(=O)(=O)N2CCC[C@H](S(=O)(=O)c3ccc(F)cc3)C2)s1. The van der Waals surface area contributed by atoms with Crippen molar-refractivity contribution in [3.8, 4) is 0 Å². The van der Waals surface area contributed by atoms with Gasteiger partial charge in [0, 0.05) is 18.0 Å². The van der Waals surface area contributed by atoms with Crippen molar-refractivity contribution in [2.45, 2.75) is 40.5 Å². The molecule has 0 N–H and O–H groups in total. The molecule has 0 unspecified atom stereocenters. The number of piperidine rings is 1. The molecule has 1 atom stereocenters. The van der Waals surface area contributed by atoms with Crippen molar-refractivity contribution in [3.63, 3.8) is 0 Å². The van der Waals surface area contributed by atoms with Gasteiger partial charge in [0.25, 0.3) is 10.0 Å². The maximum absolute atomic E-state index is 13.1. The molecule has 1 fully saturated rings. The minimum atomic E-state index is -3.72. The van der Waals surface area contributed by atoms with Crippen molar-refractivity contribution in [3.05, 3.63) is 47.1 Å². The number of sulfonamides is 1. The fourth-order valence-electron chi connectivity index (χ4n) is 3.01. The van der Waals surface area contributed by atoms with Crippen LogP contribution < -0.4 is 0 Å². The van der Waals surface area contributed by atoms with Crippen LogP contribution in [-0.4, -0.2) is 39.5 Å². The van der Waals surface area contributed by atoms with Gasteiger partial charge in [0.05, 0.1) is 10.1 Å². The molecule has 0 amide bonds. The summed E-state index contributed by atoms with van der Waals surface area (Å²) in [5.41, 5.74) is 0. The number of sulfone groups is 1. The largest absolute Gasteiger partial charge is 0.252 e. The molecule has 2 aromatic rings. The van der Waals surface area contributed by atoms with Gasteiger partial charge >= 0.3 is 0 Å². The van der Waals surface area contributed by atoms with Crippen molar-refractivity contribution in [1.29, 1.82) is 0 Å². The molecule has 0 spiro atoms. The highest BCUT2D eigenvalue weighted by atomic mass is 32.2. The first kappa shape index (κ1) is 19.5. The third-order valence-corrected chi connectivity index (χ3v) is 10.3. The molecule has 1 aromatic carbocycles. The summed E-state index contributed by atoms with van der Waals surface area (Å²) in [6, 6.07) is 8.02. The van der Waals surface area contributed by atoms with E-state index in [1.807, 2.05) is 6.92 Å². The lowest BCUT2D eigenvalue weighted by Gasteiger charge is -2.31. The highest BCUT2D eigenvalue weighted by molar-refractivity contribution is 7.92. The lowest BCUT2D eigenvalue weighted by molar-refractivity contribution is 0.346. The molecule has 26 heavy (non-hydrogen) atoms. The lowest BCUT2D eigenvalue weighted by Crippen LogP contribution is -2.44. The Bertz CT molecular complexity index is 981. The maximum Gasteiger partial charge on any atom is 0.252 e. The van der Waals surface area contributed by atoms with Crippen molar-refractivity contribution in [2.75, 3.05) is 13.1 Å². The number of hydrogen-bond donors (Lipinski definition) is 0. The molecule has 1 saturated heterocycles. The summed E-state index contributed by atoms with van der Waals surface area (Å²) in [7, 11) is -7.43. The number of benzene rings is 1. The van der Waals surface area contributed by atoms with Crippen LogP contribution in [0.4, 0.5) is 4.39 Å². The molecule has 0 radical (unpaired) electrons. The van der Waals surface area contributed by atoms with Crippen molar-refractivity contribution >= 4 is 31.2 Å². The van der Waals surface area contributed by atoms with Crippen LogP contribution in [0.5, 0.6) is 0 Å². The van der Waals surface area contributed by atoms with Gasteiger partial charge in [-0.2, -0.15) is 4.31 Å². The molecule has 3 rings (SSSR count). The summed E-state index contributed by atoms with van der Waals surface area (Å²) in [4.78, 5) is 0.989. The number of thiophene rings is 1. The molecule has 2 heterocycles. The molecule has 1 aliphatic rings. The third kappa shape index (κ3) is 3.71.